The number of hydrogen-bond donors (Lipinski definition) is 2. The Morgan fingerprint density at radius 2 is 2.47 bits per heavy atom. The molecule has 6 nitrogen and oxygen atoms in total. The van der Waals surface area contributed by atoms with Crippen LogP contribution in [0.5, 0.6) is 0 Å². The minimum Gasteiger partial charge on any atom is -0.301 e. The number of aromatic amines is 1. The van der Waals surface area contributed by atoms with Crippen LogP contribution in [0.1, 0.15) is 29.5 Å². The van der Waals surface area contributed by atoms with Crippen molar-refractivity contribution in [3.63, 3.8) is 0 Å². The second kappa shape index (κ2) is 4.45. The Hall–Kier alpha value is -1.34. The van der Waals surface area contributed by atoms with Crippen molar-refractivity contribution in [2.75, 3.05) is 0 Å². The first-order valence-corrected chi connectivity index (χ1v) is 5.51. The minimum absolute atomic E-state index is 0.0768. The normalized spacial score (nSPS) is 12.9. The number of aromatic nitrogens is 5. The van der Waals surface area contributed by atoms with Crippen LogP contribution in [0, 0.1) is 6.92 Å². The highest BCUT2D eigenvalue weighted by atomic mass is 32.1. The first-order valence-electron chi connectivity index (χ1n) is 4.63. The Balaban J connectivity index is 1.88. The number of hydrogen-bond acceptors (Lipinski definition) is 6. The molecule has 0 fully saturated rings. The van der Waals surface area contributed by atoms with Gasteiger partial charge in [-0.2, -0.15) is 5.21 Å². The Morgan fingerprint density at radius 1 is 1.60 bits per heavy atom. The van der Waals surface area contributed by atoms with Gasteiger partial charge in [0.15, 0.2) is 5.82 Å². The van der Waals surface area contributed by atoms with Crippen LogP contribution in [-0.4, -0.2) is 25.6 Å². The van der Waals surface area contributed by atoms with E-state index in [9.17, 15) is 0 Å². The summed E-state index contributed by atoms with van der Waals surface area (Å²) in [6, 6.07) is 0.0768. The molecule has 0 aromatic carbocycles. The van der Waals surface area contributed by atoms with Gasteiger partial charge in [0.25, 0.3) is 0 Å². The lowest BCUT2D eigenvalue weighted by Crippen LogP contribution is -2.19. The monoisotopic (exact) mass is 224 g/mol. The van der Waals surface area contributed by atoms with Gasteiger partial charge in [-0.05, 0) is 13.8 Å². The van der Waals surface area contributed by atoms with E-state index in [1.807, 2.05) is 19.2 Å². The highest BCUT2D eigenvalue weighted by Gasteiger charge is 2.09. The molecule has 0 saturated heterocycles. The van der Waals surface area contributed by atoms with E-state index in [2.05, 4.69) is 30.9 Å². The van der Waals surface area contributed by atoms with E-state index >= 15 is 0 Å². The molecule has 0 aliphatic carbocycles. The molecule has 2 rings (SSSR count). The summed E-state index contributed by atoms with van der Waals surface area (Å²) in [5.41, 5.74) is 1.06. The molecule has 7 heteroatoms. The molecule has 1 atom stereocenters. The smallest absolute Gasteiger partial charge is 0.191 e. The molecule has 15 heavy (non-hydrogen) atoms. The third kappa shape index (κ3) is 2.57. The highest BCUT2D eigenvalue weighted by molar-refractivity contribution is 7.09. The Labute approximate surface area is 91.1 Å². The molecular formula is C8H12N6S. The van der Waals surface area contributed by atoms with Gasteiger partial charge in [-0.15, -0.1) is 21.5 Å². The quantitative estimate of drug-likeness (QED) is 0.803. The van der Waals surface area contributed by atoms with Gasteiger partial charge >= 0.3 is 0 Å². The first-order chi connectivity index (χ1) is 7.25. The van der Waals surface area contributed by atoms with Crippen LogP contribution >= 0.6 is 11.3 Å². The van der Waals surface area contributed by atoms with Crippen LogP contribution in [0.4, 0.5) is 0 Å². The summed E-state index contributed by atoms with van der Waals surface area (Å²) in [5, 5.41) is 20.1. The number of rotatable bonds is 4. The van der Waals surface area contributed by atoms with Crippen molar-refractivity contribution >= 4 is 11.3 Å². The van der Waals surface area contributed by atoms with Gasteiger partial charge in [-0.3, -0.25) is 0 Å². The molecule has 0 spiro atoms. The van der Waals surface area contributed by atoms with Gasteiger partial charge in [0.2, 0.25) is 0 Å². The second-order valence-corrected chi connectivity index (χ2v) is 4.20. The van der Waals surface area contributed by atoms with Crippen LogP contribution < -0.4 is 5.32 Å². The van der Waals surface area contributed by atoms with Crippen molar-refractivity contribution in [2.24, 2.45) is 0 Å². The van der Waals surface area contributed by atoms with Crippen LogP contribution in [0.3, 0.4) is 0 Å². The van der Waals surface area contributed by atoms with Crippen LogP contribution in [0.25, 0.3) is 0 Å². The number of nitrogens with zero attached hydrogens (tertiary/aromatic N) is 4. The maximum absolute atomic E-state index is 4.36. The summed E-state index contributed by atoms with van der Waals surface area (Å²) in [6.07, 6.45) is 0. The highest BCUT2D eigenvalue weighted by Crippen LogP contribution is 2.10. The predicted octanol–water partition coefficient (Wildman–Crippen LogP) is 0.815. The number of tetrazole rings is 1. The molecule has 1 unspecified atom stereocenters. The summed E-state index contributed by atoms with van der Waals surface area (Å²) in [5.74, 6) is 0.670. The molecule has 2 heterocycles. The van der Waals surface area contributed by atoms with Crippen LogP contribution in [0.2, 0.25) is 0 Å². The number of H-pyrrole nitrogens is 1. The average Bonchev–Trinajstić information content (AvgIpc) is 2.84. The number of thiazole rings is 1. The summed E-state index contributed by atoms with van der Waals surface area (Å²) >= 11 is 1.65. The van der Waals surface area contributed by atoms with E-state index in [1.165, 1.54) is 0 Å². The number of nitrogens with one attached hydrogen (secondary N) is 2. The summed E-state index contributed by atoms with van der Waals surface area (Å²) in [6.45, 7) is 4.71. The molecule has 0 aliphatic heterocycles. The first kappa shape index (κ1) is 10.2. The Bertz CT molecular complexity index is 408. The Kier molecular flexibility index (Phi) is 3.02. The standard InChI is InChI=1S/C8H12N6S/c1-5-4-15-7(10-5)3-9-6(2)8-11-13-14-12-8/h4,6,9H,3H2,1-2H3,(H,11,12,13,14). The van der Waals surface area contributed by atoms with E-state index in [-0.39, 0.29) is 6.04 Å². The zero-order chi connectivity index (χ0) is 10.7. The Morgan fingerprint density at radius 3 is 3.07 bits per heavy atom. The predicted molar refractivity (Wildman–Crippen MR) is 56.3 cm³/mol. The lowest BCUT2D eigenvalue weighted by Gasteiger charge is -2.07. The fourth-order valence-electron chi connectivity index (χ4n) is 1.17. The van der Waals surface area contributed by atoms with Crippen molar-refractivity contribution in [1.82, 2.24) is 30.9 Å². The molecule has 2 aromatic rings. The maximum Gasteiger partial charge on any atom is 0.191 e. The minimum atomic E-state index is 0.0768. The average molecular weight is 224 g/mol. The molecule has 0 bridgehead atoms. The molecule has 0 aliphatic rings. The van der Waals surface area contributed by atoms with Gasteiger partial charge in [0.1, 0.15) is 5.01 Å². The van der Waals surface area contributed by atoms with E-state index in [4.69, 9.17) is 0 Å². The van der Waals surface area contributed by atoms with Gasteiger partial charge in [0, 0.05) is 17.6 Å². The fourth-order valence-corrected chi connectivity index (χ4v) is 1.89. The zero-order valence-electron chi connectivity index (χ0n) is 8.56. The van der Waals surface area contributed by atoms with Crippen molar-refractivity contribution < 1.29 is 0 Å². The van der Waals surface area contributed by atoms with Gasteiger partial charge in [0.05, 0.1) is 6.04 Å². The molecular weight excluding hydrogens is 212 g/mol. The van der Waals surface area contributed by atoms with E-state index in [0.29, 0.717) is 5.82 Å². The summed E-state index contributed by atoms with van der Waals surface area (Å²) in [4.78, 5) is 4.36. The lowest BCUT2D eigenvalue weighted by atomic mass is 10.3. The third-order valence-corrected chi connectivity index (χ3v) is 2.94. The van der Waals surface area contributed by atoms with E-state index in [1.54, 1.807) is 11.3 Å². The molecule has 0 radical (unpaired) electrons. The SMILES string of the molecule is Cc1csc(CNC(C)c2nn[nH]n2)n1. The van der Waals surface area contributed by atoms with E-state index in [0.717, 1.165) is 17.2 Å². The van der Waals surface area contributed by atoms with Gasteiger partial charge in [-0.25, -0.2) is 4.98 Å². The van der Waals surface area contributed by atoms with Crippen LogP contribution in [-0.2, 0) is 6.54 Å². The van der Waals surface area contributed by atoms with Crippen molar-refractivity contribution in [1.29, 1.82) is 0 Å². The van der Waals surface area contributed by atoms with Crippen LogP contribution in [0.15, 0.2) is 5.38 Å². The van der Waals surface area contributed by atoms with Crippen molar-refractivity contribution in [2.45, 2.75) is 26.4 Å². The van der Waals surface area contributed by atoms with Gasteiger partial charge < -0.3 is 5.32 Å². The molecule has 2 aromatic heterocycles. The summed E-state index contributed by atoms with van der Waals surface area (Å²) < 4.78 is 0. The topological polar surface area (TPSA) is 79.4 Å². The summed E-state index contributed by atoms with van der Waals surface area (Å²) in [7, 11) is 0. The van der Waals surface area contributed by atoms with Gasteiger partial charge in [-0.1, -0.05) is 5.21 Å². The zero-order valence-corrected chi connectivity index (χ0v) is 9.38. The molecule has 80 valence electrons. The van der Waals surface area contributed by atoms with E-state index < -0.39 is 0 Å². The lowest BCUT2D eigenvalue weighted by molar-refractivity contribution is 0.545. The molecule has 0 amide bonds. The van der Waals surface area contributed by atoms with Crippen molar-refractivity contribution in [3.05, 3.63) is 21.9 Å². The largest absolute Gasteiger partial charge is 0.301 e. The molecule has 0 saturated carbocycles. The maximum atomic E-state index is 4.36. The third-order valence-electron chi connectivity index (χ3n) is 1.98. The van der Waals surface area contributed by atoms with Crippen molar-refractivity contribution in [3.8, 4) is 0 Å². The number of aryl methyl sites for hydroxylation is 1. The molecule has 2 N–H and O–H groups in total. The fraction of sp³-hybridized carbons (Fsp3) is 0.500. The second-order valence-electron chi connectivity index (χ2n) is 3.26.